The van der Waals surface area contributed by atoms with Crippen molar-refractivity contribution in [3.8, 4) is 0 Å². The first kappa shape index (κ1) is 30.2. The molecule has 9 unspecified atom stereocenters. The fraction of sp³-hybridized carbons (Fsp3) is 0.816. The zero-order valence-electron chi connectivity index (χ0n) is 27.4. The van der Waals surface area contributed by atoms with Crippen molar-refractivity contribution in [3.63, 3.8) is 0 Å². The second-order valence-corrected chi connectivity index (χ2v) is 16.7. The van der Waals surface area contributed by atoms with Crippen molar-refractivity contribution < 1.29 is 9.53 Å². The molecule has 9 atom stereocenters. The number of hydrogen-bond donors (Lipinski definition) is 0. The maximum absolute atomic E-state index is 13.3. The molecule has 0 aromatic heterocycles. The molecule has 0 heterocycles. The largest absolute Gasteiger partial charge is 0.458 e. The highest BCUT2D eigenvalue weighted by molar-refractivity contribution is 5.90. The van der Waals surface area contributed by atoms with Gasteiger partial charge in [0.2, 0.25) is 0 Å². The molecule has 0 N–H and O–H groups in total. The molecular formula is C38H60O2. The second-order valence-electron chi connectivity index (χ2n) is 16.7. The van der Waals surface area contributed by atoms with Gasteiger partial charge in [0.05, 0.1) is 5.56 Å². The Balaban J connectivity index is 1.29. The average Bonchev–Trinajstić information content (AvgIpc) is 3.22. The number of carbonyl (C=O) groups excluding carboxylic acids is 1. The highest BCUT2D eigenvalue weighted by atomic mass is 16.5. The molecule has 1 aromatic carbocycles. The lowest BCUT2D eigenvalue weighted by atomic mass is 9.41. The molecule has 2 nitrogen and oxygen atoms in total. The summed E-state index contributed by atoms with van der Waals surface area (Å²) in [5.74, 6) is 5.79. The minimum Gasteiger partial charge on any atom is -0.458 e. The predicted octanol–water partition coefficient (Wildman–Crippen LogP) is 10.6. The van der Waals surface area contributed by atoms with Gasteiger partial charge in [0.25, 0.3) is 0 Å². The summed E-state index contributed by atoms with van der Waals surface area (Å²) >= 11 is 0. The fourth-order valence-corrected chi connectivity index (χ4v) is 11.6. The first-order valence-corrected chi connectivity index (χ1v) is 17.1. The molecule has 0 amide bonds. The van der Waals surface area contributed by atoms with Crippen molar-refractivity contribution in [2.75, 3.05) is 0 Å². The third kappa shape index (κ3) is 5.21. The predicted molar refractivity (Wildman–Crippen MR) is 167 cm³/mol. The summed E-state index contributed by atoms with van der Waals surface area (Å²) in [5.41, 5.74) is 3.91. The van der Waals surface area contributed by atoms with Gasteiger partial charge in [-0.2, -0.15) is 0 Å². The van der Waals surface area contributed by atoms with Gasteiger partial charge in [-0.3, -0.25) is 0 Å². The number of rotatable bonds is 7. The molecule has 4 fully saturated rings. The van der Waals surface area contributed by atoms with E-state index in [1.54, 1.807) is 0 Å². The Kier molecular flexibility index (Phi) is 8.35. The van der Waals surface area contributed by atoms with E-state index in [2.05, 4.69) is 68.4 Å². The Bertz CT molecular complexity index is 1050. The van der Waals surface area contributed by atoms with Gasteiger partial charge in [0.15, 0.2) is 0 Å². The first-order chi connectivity index (χ1) is 18.8. The van der Waals surface area contributed by atoms with Crippen molar-refractivity contribution in [1.82, 2.24) is 0 Å². The molecule has 0 saturated heterocycles. The zero-order valence-corrected chi connectivity index (χ0v) is 27.4. The molecule has 0 spiro atoms. The summed E-state index contributed by atoms with van der Waals surface area (Å²) < 4.78 is 6.37. The Labute approximate surface area is 246 Å². The summed E-state index contributed by atoms with van der Waals surface area (Å²) in [6.07, 6.45) is 14.9. The van der Waals surface area contributed by atoms with Crippen molar-refractivity contribution >= 4 is 5.97 Å². The molecule has 0 radical (unpaired) electrons. The number of fused-ring (bicyclic) bond motifs is 5. The maximum Gasteiger partial charge on any atom is 0.338 e. The summed E-state index contributed by atoms with van der Waals surface area (Å²) in [4.78, 5) is 13.3. The van der Waals surface area contributed by atoms with Crippen LogP contribution in [-0.2, 0) is 4.74 Å². The van der Waals surface area contributed by atoms with Crippen LogP contribution in [0.25, 0.3) is 0 Å². The van der Waals surface area contributed by atoms with Crippen LogP contribution in [-0.4, -0.2) is 12.1 Å². The van der Waals surface area contributed by atoms with Gasteiger partial charge in [-0.15, -0.1) is 0 Å². The number of benzene rings is 1. The number of ether oxygens (including phenoxy) is 1. The summed E-state index contributed by atoms with van der Waals surface area (Å²) in [6.45, 7) is 21.7. The van der Waals surface area contributed by atoms with E-state index in [0.29, 0.717) is 22.3 Å². The fourth-order valence-electron chi connectivity index (χ4n) is 11.6. The topological polar surface area (TPSA) is 26.3 Å². The summed E-state index contributed by atoms with van der Waals surface area (Å²) in [5, 5.41) is 0. The molecule has 2 heteroatoms. The van der Waals surface area contributed by atoms with Gasteiger partial charge in [0, 0.05) is 5.41 Å². The Hall–Kier alpha value is -1.31. The van der Waals surface area contributed by atoms with Crippen LogP contribution in [0.5, 0.6) is 0 Å². The molecule has 5 rings (SSSR count). The molecular weight excluding hydrogens is 488 g/mol. The monoisotopic (exact) mass is 548 g/mol. The first-order valence-electron chi connectivity index (χ1n) is 17.1. The van der Waals surface area contributed by atoms with E-state index in [0.717, 1.165) is 53.1 Å². The molecule has 4 aliphatic carbocycles. The quantitative estimate of drug-likeness (QED) is 0.317. The minimum absolute atomic E-state index is 0.00634. The highest BCUT2D eigenvalue weighted by Gasteiger charge is 2.63. The van der Waals surface area contributed by atoms with Gasteiger partial charge in [0.1, 0.15) is 6.10 Å². The smallest absolute Gasteiger partial charge is 0.338 e. The lowest BCUT2D eigenvalue weighted by molar-refractivity contribution is -0.180. The van der Waals surface area contributed by atoms with Crippen LogP contribution < -0.4 is 0 Å². The molecule has 1 aromatic rings. The molecule has 40 heavy (non-hydrogen) atoms. The van der Waals surface area contributed by atoms with E-state index in [4.69, 9.17) is 4.74 Å². The molecule has 0 bridgehead atoms. The van der Waals surface area contributed by atoms with Crippen LogP contribution in [0, 0.1) is 71.5 Å². The van der Waals surface area contributed by atoms with Crippen molar-refractivity contribution in [2.24, 2.45) is 57.7 Å². The van der Waals surface area contributed by atoms with Crippen LogP contribution >= 0.6 is 0 Å². The van der Waals surface area contributed by atoms with Crippen molar-refractivity contribution in [3.05, 3.63) is 34.9 Å². The number of carbonyl (C=O) groups is 1. The second kappa shape index (κ2) is 11.1. The van der Waals surface area contributed by atoms with Crippen LogP contribution in [0.3, 0.4) is 0 Å². The maximum atomic E-state index is 13.3. The number of esters is 1. The van der Waals surface area contributed by atoms with Crippen molar-refractivity contribution in [2.45, 2.75) is 139 Å². The van der Waals surface area contributed by atoms with Gasteiger partial charge in [-0.25, -0.2) is 4.79 Å². The molecule has 4 aliphatic rings. The Morgan fingerprint density at radius 1 is 0.825 bits per heavy atom. The number of hydrogen-bond acceptors (Lipinski definition) is 2. The normalized spacial score (nSPS) is 39.2. The van der Waals surface area contributed by atoms with E-state index in [-0.39, 0.29) is 17.5 Å². The third-order valence-electron chi connectivity index (χ3n) is 13.4. The highest BCUT2D eigenvalue weighted by Crippen LogP contribution is 2.70. The summed E-state index contributed by atoms with van der Waals surface area (Å²) in [7, 11) is 0. The van der Waals surface area contributed by atoms with Crippen LogP contribution in [0.2, 0.25) is 0 Å². The van der Waals surface area contributed by atoms with Crippen LogP contribution in [0.1, 0.15) is 141 Å². The third-order valence-corrected chi connectivity index (χ3v) is 13.4. The van der Waals surface area contributed by atoms with Crippen LogP contribution in [0.4, 0.5) is 0 Å². The van der Waals surface area contributed by atoms with E-state index in [1.165, 1.54) is 64.2 Å². The van der Waals surface area contributed by atoms with Gasteiger partial charge in [-0.05, 0) is 130 Å². The molecule has 4 saturated carbocycles. The van der Waals surface area contributed by atoms with Crippen molar-refractivity contribution in [1.29, 1.82) is 0 Å². The molecule has 0 aliphatic heterocycles. The Morgan fingerprint density at radius 2 is 1.48 bits per heavy atom. The standard InChI is InChI=1S/C38H60O2/c1-24(2)11-10-12-27(5)30-14-15-31-29-13-16-33-36(6,7)34(40-35(39)28-22-25(3)21-26(4)23-28)18-20-38(33,9)32(29)17-19-37(30,31)8/h21-24,27,29-34H,10-20H2,1-9H3. The summed E-state index contributed by atoms with van der Waals surface area (Å²) in [6, 6.07) is 6.10. The lowest BCUT2D eigenvalue weighted by Crippen LogP contribution is -2.59. The van der Waals surface area contributed by atoms with E-state index in [1.807, 2.05) is 12.1 Å². The lowest BCUT2D eigenvalue weighted by Gasteiger charge is -2.65. The van der Waals surface area contributed by atoms with Crippen LogP contribution in [0.15, 0.2) is 18.2 Å². The SMILES string of the molecule is Cc1cc(C)cc(C(=O)OC2CCC3(C)C4CCC5(C)C(C(C)CCCC(C)C)CCC5C4CCC3C2(C)C)c1. The number of aryl methyl sites for hydroxylation is 2. The Morgan fingerprint density at radius 3 is 2.15 bits per heavy atom. The van der Waals surface area contributed by atoms with Gasteiger partial charge < -0.3 is 4.74 Å². The minimum atomic E-state index is -0.130. The van der Waals surface area contributed by atoms with Gasteiger partial charge >= 0.3 is 5.97 Å². The molecule has 224 valence electrons. The van der Waals surface area contributed by atoms with E-state index < -0.39 is 0 Å². The average molecular weight is 549 g/mol. The van der Waals surface area contributed by atoms with Gasteiger partial charge in [-0.1, -0.05) is 84.9 Å². The van der Waals surface area contributed by atoms with E-state index >= 15 is 0 Å². The zero-order chi connectivity index (χ0) is 29.0. The van der Waals surface area contributed by atoms with E-state index in [9.17, 15) is 4.79 Å².